The van der Waals surface area contributed by atoms with Crippen molar-refractivity contribution >= 4 is 5.91 Å². The van der Waals surface area contributed by atoms with Crippen LogP contribution < -0.4 is 5.32 Å². The van der Waals surface area contributed by atoms with Crippen molar-refractivity contribution in [2.24, 2.45) is 17.3 Å². The Bertz CT molecular complexity index is 601. The molecule has 2 aliphatic heterocycles. The van der Waals surface area contributed by atoms with Gasteiger partial charge in [-0.05, 0) is 56.5 Å². The fraction of sp³-hybridized carbons (Fsp3) is 0.789. The molecule has 3 aliphatic rings. The number of piperidine rings is 1. The average molecular weight is 347 g/mol. The summed E-state index contributed by atoms with van der Waals surface area (Å²) in [6.45, 7) is 7.36. The summed E-state index contributed by atoms with van der Waals surface area (Å²) >= 11 is 0. The number of carbonyl (C=O) groups is 1. The van der Waals surface area contributed by atoms with Crippen LogP contribution in [0.1, 0.15) is 43.7 Å². The summed E-state index contributed by atoms with van der Waals surface area (Å²) in [6, 6.07) is 0. The summed E-state index contributed by atoms with van der Waals surface area (Å²) in [5.74, 6) is 1.85. The van der Waals surface area contributed by atoms with Gasteiger partial charge in [0.15, 0.2) is 5.89 Å². The number of aryl methyl sites for hydroxylation is 1. The molecule has 1 atom stereocenters. The first-order chi connectivity index (χ1) is 12.1. The predicted molar refractivity (Wildman–Crippen MR) is 92.8 cm³/mol. The van der Waals surface area contributed by atoms with Crippen LogP contribution in [0.5, 0.6) is 0 Å². The first kappa shape index (κ1) is 17.0. The molecule has 1 amide bonds. The van der Waals surface area contributed by atoms with Gasteiger partial charge in [-0.15, -0.1) is 0 Å². The normalized spacial score (nSPS) is 26.7. The second kappa shape index (κ2) is 7.08. The quantitative estimate of drug-likeness (QED) is 0.884. The second-order valence-corrected chi connectivity index (χ2v) is 8.05. The monoisotopic (exact) mass is 347 g/mol. The minimum absolute atomic E-state index is 0.242. The van der Waals surface area contributed by atoms with Crippen LogP contribution in [0, 0.1) is 24.2 Å². The molecule has 1 N–H and O–H groups in total. The van der Waals surface area contributed by atoms with Crippen LogP contribution in [0.15, 0.2) is 10.7 Å². The van der Waals surface area contributed by atoms with Crippen molar-refractivity contribution in [2.45, 2.75) is 45.6 Å². The van der Waals surface area contributed by atoms with Crippen LogP contribution in [0.25, 0.3) is 0 Å². The van der Waals surface area contributed by atoms with Crippen molar-refractivity contribution in [3.8, 4) is 0 Å². The van der Waals surface area contributed by atoms with E-state index in [1.165, 1.54) is 0 Å². The number of aromatic nitrogens is 1. The summed E-state index contributed by atoms with van der Waals surface area (Å²) in [4.78, 5) is 19.2. The molecular formula is C19H29N3O3. The van der Waals surface area contributed by atoms with Crippen LogP contribution in [0.4, 0.5) is 0 Å². The minimum atomic E-state index is 0.242. The number of rotatable bonds is 5. The maximum atomic E-state index is 12.4. The number of amides is 1. The van der Waals surface area contributed by atoms with Gasteiger partial charge in [0, 0.05) is 39.1 Å². The highest BCUT2D eigenvalue weighted by molar-refractivity contribution is 5.82. The molecule has 138 valence electrons. The van der Waals surface area contributed by atoms with Crippen LogP contribution in [-0.2, 0) is 16.1 Å². The number of hydrogen-bond donors (Lipinski definition) is 1. The van der Waals surface area contributed by atoms with E-state index < -0.39 is 0 Å². The van der Waals surface area contributed by atoms with E-state index in [9.17, 15) is 4.79 Å². The van der Waals surface area contributed by atoms with Crippen molar-refractivity contribution in [1.29, 1.82) is 0 Å². The fourth-order valence-electron chi connectivity index (χ4n) is 4.48. The van der Waals surface area contributed by atoms with Gasteiger partial charge in [-0.2, -0.15) is 0 Å². The third-order valence-electron chi connectivity index (χ3n) is 6.32. The molecule has 0 aromatic carbocycles. The predicted octanol–water partition coefficient (Wildman–Crippen LogP) is 2.13. The number of ether oxygens (including phenoxy) is 1. The number of nitrogens with zero attached hydrogens (tertiary/aromatic N) is 2. The maximum Gasteiger partial charge on any atom is 0.223 e. The summed E-state index contributed by atoms with van der Waals surface area (Å²) in [7, 11) is 0. The first-order valence-corrected chi connectivity index (χ1v) is 9.63. The van der Waals surface area contributed by atoms with Gasteiger partial charge in [0.2, 0.25) is 5.91 Å². The van der Waals surface area contributed by atoms with E-state index >= 15 is 0 Å². The van der Waals surface area contributed by atoms with Gasteiger partial charge in [0.1, 0.15) is 6.26 Å². The van der Waals surface area contributed by atoms with E-state index in [0.29, 0.717) is 5.92 Å². The third kappa shape index (κ3) is 3.90. The summed E-state index contributed by atoms with van der Waals surface area (Å²) in [5, 5.41) is 3.23. The van der Waals surface area contributed by atoms with E-state index in [4.69, 9.17) is 9.15 Å². The van der Waals surface area contributed by atoms with Gasteiger partial charge in [0.25, 0.3) is 0 Å². The smallest absolute Gasteiger partial charge is 0.223 e. The zero-order valence-corrected chi connectivity index (χ0v) is 15.1. The summed E-state index contributed by atoms with van der Waals surface area (Å²) in [5.41, 5.74) is 1.29. The maximum absolute atomic E-state index is 12.4. The van der Waals surface area contributed by atoms with Crippen molar-refractivity contribution in [3.63, 3.8) is 0 Å². The number of nitrogens with one attached hydrogen (secondary N) is 1. The molecule has 2 saturated heterocycles. The van der Waals surface area contributed by atoms with Gasteiger partial charge in [0.05, 0.1) is 5.69 Å². The van der Waals surface area contributed by atoms with E-state index in [1.807, 2.05) is 6.92 Å². The highest BCUT2D eigenvalue weighted by Gasteiger charge is 2.57. The van der Waals surface area contributed by atoms with E-state index in [1.54, 1.807) is 6.26 Å². The van der Waals surface area contributed by atoms with Crippen LogP contribution in [0.2, 0.25) is 0 Å². The van der Waals surface area contributed by atoms with Crippen molar-refractivity contribution < 1.29 is 13.9 Å². The zero-order valence-electron chi connectivity index (χ0n) is 15.1. The molecule has 1 aromatic rings. The molecule has 4 rings (SSSR count). The van der Waals surface area contributed by atoms with E-state index in [0.717, 1.165) is 83.1 Å². The number of likely N-dealkylation sites (tertiary alicyclic amines) is 1. The van der Waals surface area contributed by atoms with Gasteiger partial charge in [-0.3, -0.25) is 9.69 Å². The first-order valence-electron chi connectivity index (χ1n) is 9.63. The minimum Gasteiger partial charge on any atom is -0.449 e. The molecule has 1 saturated carbocycles. The van der Waals surface area contributed by atoms with E-state index in [2.05, 4.69) is 15.2 Å². The molecule has 6 heteroatoms. The summed E-state index contributed by atoms with van der Waals surface area (Å²) < 4.78 is 10.7. The molecule has 6 nitrogen and oxygen atoms in total. The van der Waals surface area contributed by atoms with Crippen LogP contribution in [-0.4, -0.2) is 48.6 Å². The molecule has 0 bridgehead atoms. The van der Waals surface area contributed by atoms with Gasteiger partial charge >= 0.3 is 0 Å². The molecule has 25 heavy (non-hydrogen) atoms. The standard InChI is InChI=1S/C19H29N3O3/c1-14-21-16(13-25-14)12-22-6-2-15(3-7-22)11-20-18(23)17-10-19(17)4-8-24-9-5-19/h13,15,17H,2-12H2,1H3,(H,20,23). The molecule has 1 aliphatic carbocycles. The van der Waals surface area contributed by atoms with Gasteiger partial charge in [-0.25, -0.2) is 4.98 Å². The summed E-state index contributed by atoms with van der Waals surface area (Å²) in [6.07, 6.45) is 7.22. The Morgan fingerprint density at radius 2 is 2.12 bits per heavy atom. The Kier molecular flexibility index (Phi) is 4.82. The molecule has 0 radical (unpaired) electrons. The second-order valence-electron chi connectivity index (χ2n) is 8.05. The zero-order chi connectivity index (χ0) is 17.3. The lowest BCUT2D eigenvalue weighted by molar-refractivity contribution is -0.123. The largest absolute Gasteiger partial charge is 0.449 e. The Balaban J connectivity index is 1.16. The lowest BCUT2D eigenvalue weighted by Gasteiger charge is -2.31. The van der Waals surface area contributed by atoms with E-state index in [-0.39, 0.29) is 17.2 Å². The molecule has 3 fully saturated rings. The van der Waals surface area contributed by atoms with Crippen molar-refractivity contribution in [3.05, 3.63) is 17.8 Å². The van der Waals surface area contributed by atoms with Gasteiger partial charge in [-0.1, -0.05) is 0 Å². The highest BCUT2D eigenvalue weighted by Crippen LogP contribution is 2.59. The Labute approximate surface area is 149 Å². The SMILES string of the molecule is Cc1nc(CN2CCC(CNC(=O)C3CC34CCOCC4)CC2)co1. The van der Waals surface area contributed by atoms with Crippen LogP contribution >= 0.6 is 0 Å². The molecule has 1 unspecified atom stereocenters. The molecular weight excluding hydrogens is 318 g/mol. The number of hydrogen-bond acceptors (Lipinski definition) is 5. The number of carbonyl (C=O) groups excluding carboxylic acids is 1. The molecule has 1 aromatic heterocycles. The lowest BCUT2D eigenvalue weighted by atomic mass is 9.93. The van der Waals surface area contributed by atoms with Gasteiger partial charge < -0.3 is 14.5 Å². The Morgan fingerprint density at radius 3 is 2.80 bits per heavy atom. The van der Waals surface area contributed by atoms with Crippen molar-refractivity contribution in [2.75, 3.05) is 32.8 Å². The Morgan fingerprint density at radius 1 is 1.36 bits per heavy atom. The average Bonchev–Trinajstić information content (AvgIpc) is 3.15. The lowest BCUT2D eigenvalue weighted by Crippen LogP contribution is -2.39. The third-order valence-corrected chi connectivity index (χ3v) is 6.32. The Hall–Kier alpha value is -1.40. The molecule has 1 spiro atoms. The number of oxazole rings is 1. The van der Waals surface area contributed by atoms with Crippen LogP contribution in [0.3, 0.4) is 0 Å². The highest BCUT2D eigenvalue weighted by atomic mass is 16.5. The fourth-order valence-corrected chi connectivity index (χ4v) is 4.48. The van der Waals surface area contributed by atoms with Crippen molar-refractivity contribution in [1.82, 2.24) is 15.2 Å². The topological polar surface area (TPSA) is 67.6 Å². The molecule has 3 heterocycles.